The fraction of sp³-hybridized carbons (Fsp3) is 0.750. The van der Waals surface area contributed by atoms with Crippen LogP contribution in [-0.4, -0.2) is 27.8 Å². The average molecular weight is 326 g/mol. The molecular weight excluding hydrogens is 300 g/mol. The summed E-state index contributed by atoms with van der Waals surface area (Å²) in [6, 6.07) is 0.218. The number of nitrogens with zero attached hydrogens (tertiary/aromatic N) is 1. The van der Waals surface area contributed by atoms with Crippen molar-refractivity contribution < 1.29 is 14.6 Å². The molecule has 0 saturated heterocycles. The topological polar surface area (TPSA) is 71.5 Å². The minimum atomic E-state index is -0.448. The number of nitrogens with one attached hydrogen (secondary N) is 1. The molecule has 2 rings (SSSR count). The average Bonchev–Trinajstić information content (AvgIpc) is 2.86. The van der Waals surface area contributed by atoms with Gasteiger partial charge in [0, 0.05) is 18.7 Å². The standard InChI is InChI=1S/C16H26N2O3S/c1-16(2,3)21-15(20)18-12-6-4-11(5-7-12)8-14-17-9-13(10-19)22-14/h9,11-12,19H,4-8,10H2,1-3H3,(H,18,20). The summed E-state index contributed by atoms with van der Waals surface area (Å²) in [5.41, 5.74) is -0.448. The summed E-state index contributed by atoms with van der Waals surface area (Å²) in [5, 5.41) is 13.1. The normalized spacial score (nSPS) is 22.4. The summed E-state index contributed by atoms with van der Waals surface area (Å²) < 4.78 is 5.30. The van der Waals surface area contributed by atoms with Crippen molar-refractivity contribution >= 4 is 17.4 Å². The maximum atomic E-state index is 11.8. The van der Waals surface area contributed by atoms with E-state index in [1.807, 2.05) is 20.8 Å². The molecule has 0 radical (unpaired) electrons. The first-order chi connectivity index (χ1) is 10.4. The number of rotatable bonds is 4. The van der Waals surface area contributed by atoms with Gasteiger partial charge in [0.2, 0.25) is 0 Å². The zero-order chi connectivity index (χ0) is 16.2. The summed E-state index contributed by atoms with van der Waals surface area (Å²) in [6.45, 7) is 5.69. The Bertz CT molecular complexity index is 488. The SMILES string of the molecule is CC(C)(C)OC(=O)NC1CCC(Cc2ncc(CO)s2)CC1. The largest absolute Gasteiger partial charge is 0.444 e. The molecule has 0 atom stereocenters. The molecule has 1 fully saturated rings. The van der Waals surface area contributed by atoms with E-state index in [9.17, 15) is 4.79 Å². The Morgan fingerprint density at radius 2 is 2.09 bits per heavy atom. The van der Waals surface area contributed by atoms with Crippen LogP contribution >= 0.6 is 11.3 Å². The summed E-state index contributed by atoms with van der Waals surface area (Å²) in [6.07, 6.45) is 6.58. The van der Waals surface area contributed by atoms with Crippen LogP contribution < -0.4 is 5.32 Å². The molecule has 5 nitrogen and oxygen atoms in total. The van der Waals surface area contributed by atoms with Gasteiger partial charge in [0.1, 0.15) is 5.60 Å². The first-order valence-corrected chi connectivity index (χ1v) is 8.71. The third-order valence-electron chi connectivity index (χ3n) is 3.79. The number of aliphatic hydroxyl groups is 1. The van der Waals surface area contributed by atoms with Gasteiger partial charge < -0.3 is 15.2 Å². The molecule has 124 valence electrons. The number of ether oxygens (including phenoxy) is 1. The number of hydrogen-bond donors (Lipinski definition) is 2. The van der Waals surface area contributed by atoms with Crippen LogP contribution in [0.2, 0.25) is 0 Å². The molecule has 1 saturated carbocycles. The Morgan fingerprint density at radius 1 is 1.41 bits per heavy atom. The Labute approximate surface area is 136 Å². The third-order valence-corrected chi connectivity index (χ3v) is 4.79. The predicted octanol–water partition coefficient (Wildman–Crippen LogP) is 3.26. The first kappa shape index (κ1) is 17.2. The summed E-state index contributed by atoms with van der Waals surface area (Å²) in [7, 11) is 0. The van der Waals surface area contributed by atoms with Crippen molar-refractivity contribution in [1.82, 2.24) is 10.3 Å². The number of aromatic nitrogens is 1. The third kappa shape index (κ3) is 5.57. The van der Waals surface area contributed by atoms with Crippen LogP contribution in [0.15, 0.2) is 6.20 Å². The van der Waals surface area contributed by atoms with Crippen LogP contribution in [0, 0.1) is 5.92 Å². The molecule has 0 aromatic carbocycles. The van der Waals surface area contributed by atoms with Gasteiger partial charge in [0.15, 0.2) is 0 Å². The van der Waals surface area contributed by atoms with Crippen molar-refractivity contribution in [2.45, 2.75) is 71.1 Å². The van der Waals surface area contributed by atoms with E-state index in [0.717, 1.165) is 42.0 Å². The summed E-state index contributed by atoms with van der Waals surface area (Å²) in [5.74, 6) is 0.620. The predicted molar refractivity (Wildman–Crippen MR) is 86.9 cm³/mol. The smallest absolute Gasteiger partial charge is 0.407 e. The van der Waals surface area contributed by atoms with E-state index in [1.54, 1.807) is 17.5 Å². The molecule has 1 aromatic rings. The van der Waals surface area contributed by atoms with Gasteiger partial charge in [-0.1, -0.05) is 0 Å². The Kier molecular flexibility index (Phi) is 5.81. The monoisotopic (exact) mass is 326 g/mol. The van der Waals surface area contributed by atoms with Gasteiger partial charge in [-0.15, -0.1) is 11.3 Å². The second kappa shape index (κ2) is 7.42. The molecule has 0 aliphatic heterocycles. The van der Waals surface area contributed by atoms with E-state index in [1.165, 1.54) is 0 Å². The number of amides is 1. The highest BCUT2D eigenvalue weighted by atomic mass is 32.1. The van der Waals surface area contributed by atoms with Crippen LogP contribution in [-0.2, 0) is 17.8 Å². The van der Waals surface area contributed by atoms with Gasteiger partial charge in [0.05, 0.1) is 16.5 Å². The number of hydrogen-bond acceptors (Lipinski definition) is 5. The van der Waals surface area contributed by atoms with Crippen LogP contribution in [0.3, 0.4) is 0 Å². The van der Waals surface area contributed by atoms with Crippen LogP contribution in [0.1, 0.15) is 56.3 Å². The minimum absolute atomic E-state index is 0.0736. The molecule has 22 heavy (non-hydrogen) atoms. The maximum absolute atomic E-state index is 11.8. The number of thiazole rings is 1. The highest BCUT2D eigenvalue weighted by Gasteiger charge is 2.25. The Morgan fingerprint density at radius 3 is 2.64 bits per heavy atom. The van der Waals surface area contributed by atoms with Crippen LogP contribution in [0.5, 0.6) is 0 Å². The van der Waals surface area contributed by atoms with E-state index in [0.29, 0.717) is 5.92 Å². The molecule has 1 aromatic heterocycles. The second-order valence-corrected chi connectivity index (χ2v) is 8.15. The van der Waals surface area contributed by atoms with E-state index >= 15 is 0 Å². The van der Waals surface area contributed by atoms with E-state index in [4.69, 9.17) is 9.84 Å². The highest BCUT2D eigenvalue weighted by molar-refractivity contribution is 7.11. The maximum Gasteiger partial charge on any atom is 0.407 e. The highest BCUT2D eigenvalue weighted by Crippen LogP contribution is 2.29. The van der Waals surface area contributed by atoms with E-state index in [2.05, 4.69) is 10.3 Å². The number of carbonyl (C=O) groups is 1. The minimum Gasteiger partial charge on any atom is -0.444 e. The molecule has 1 aliphatic carbocycles. The van der Waals surface area contributed by atoms with Crippen molar-refractivity contribution in [3.05, 3.63) is 16.1 Å². The lowest BCUT2D eigenvalue weighted by Crippen LogP contribution is -2.41. The summed E-state index contributed by atoms with van der Waals surface area (Å²) in [4.78, 5) is 17.1. The molecule has 0 spiro atoms. The lowest BCUT2D eigenvalue weighted by atomic mass is 9.84. The van der Waals surface area contributed by atoms with E-state index < -0.39 is 5.60 Å². The molecule has 0 unspecified atom stereocenters. The van der Waals surface area contributed by atoms with Crippen LogP contribution in [0.4, 0.5) is 4.79 Å². The van der Waals surface area contributed by atoms with Crippen molar-refractivity contribution in [3.63, 3.8) is 0 Å². The van der Waals surface area contributed by atoms with E-state index in [-0.39, 0.29) is 18.7 Å². The van der Waals surface area contributed by atoms with Crippen molar-refractivity contribution in [3.8, 4) is 0 Å². The molecule has 1 aliphatic rings. The fourth-order valence-corrected chi connectivity index (χ4v) is 3.64. The Hall–Kier alpha value is -1.14. The van der Waals surface area contributed by atoms with Crippen molar-refractivity contribution in [2.75, 3.05) is 0 Å². The molecule has 1 amide bonds. The van der Waals surface area contributed by atoms with Crippen molar-refractivity contribution in [2.24, 2.45) is 5.92 Å². The first-order valence-electron chi connectivity index (χ1n) is 7.89. The van der Waals surface area contributed by atoms with Gasteiger partial charge in [-0.2, -0.15) is 0 Å². The molecule has 1 heterocycles. The molecule has 6 heteroatoms. The molecule has 2 N–H and O–H groups in total. The quantitative estimate of drug-likeness (QED) is 0.891. The van der Waals surface area contributed by atoms with Crippen LogP contribution in [0.25, 0.3) is 0 Å². The summed E-state index contributed by atoms with van der Waals surface area (Å²) >= 11 is 1.59. The van der Waals surface area contributed by atoms with Gasteiger partial charge in [-0.25, -0.2) is 9.78 Å². The van der Waals surface area contributed by atoms with Gasteiger partial charge >= 0.3 is 6.09 Å². The second-order valence-electron chi connectivity index (χ2n) is 6.95. The Balaban J connectivity index is 1.72. The number of alkyl carbamates (subject to hydrolysis) is 1. The van der Waals surface area contributed by atoms with Gasteiger partial charge in [-0.05, 0) is 52.4 Å². The fourth-order valence-electron chi connectivity index (χ4n) is 2.75. The number of carbonyl (C=O) groups excluding carboxylic acids is 1. The zero-order valence-corrected chi connectivity index (χ0v) is 14.4. The van der Waals surface area contributed by atoms with Crippen molar-refractivity contribution in [1.29, 1.82) is 0 Å². The van der Waals surface area contributed by atoms with Gasteiger partial charge in [0.25, 0.3) is 0 Å². The van der Waals surface area contributed by atoms with Gasteiger partial charge in [-0.3, -0.25) is 0 Å². The lowest BCUT2D eigenvalue weighted by molar-refractivity contribution is 0.0487. The number of aliphatic hydroxyl groups excluding tert-OH is 1. The zero-order valence-electron chi connectivity index (χ0n) is 13.6. The molecule has 0 bridgehead atoms. The molecular formula is C16H26N2O3S. The lowest BCUT2D eigenvalue weighted by Gasteiger charge is -2.29.